The molecule has 3 unspecified atom stereocenters. The van der Waals surface area contributed by atoms with Crippen molar-refractivity contribution in [2.45, 2.75) is 26.1 Å². The highest BCUT2D eigenvalue weighted by Gasteiger charge is 2.31. The number of nitrogens with zero attached hydrogens (tertiary/aromatic N) is 1. The summed E-state index contributed by atoms with van der Waals surface area (Å²) in [6.45, 7) is 7.97. The molecule has 0 spiro atoms. The van der Waals surface area contributed by atoms with E-state index >= 15 is 0 Å². The van der Waals surface area contributed by atoms with E-state index in [1.807, 2.05) is 19.9 Å². The summed E-state index contributed by atoms with van der Waals surface area (Å²) >= 11 is 3.47. The number of halogens is 1. The maximum absolute atomic E-state index is 5.86. The third-order valence-electron chi connectivity index (χ3n) is 3.62. The lowest BCUT2D eigenvalue weighted by atomic mass is 9.93. The van der Waals surface area contributed by atoms with E-state index in [-0.39, 0.29) is 24.9 Å². The standard InChI is InChI=1S/C16H24BrNO4/c1-7-12(11(3)20-5)16(22-9-19-4)14-15(21-6)10(2)13(17)8-18-14/h7-8,11-12,16H,1,9H2,2-6H3. The first-order chi connectivity index (χ1) is 10.5. The third-order valence-corrected chi connectivity index (χ3v) is 4.42. The van der Waals surface area contributed by atoms with E-state index in [9.17, 15) is 0 Å². The number of rotatable bonds is 9. The van der Waals surface area contributed by atoms with Gasteiger partial charge >= 0.3 is 0 Å². The summed E-state index contributed by atoms with van der Waals surface area (Å²) in [5.41, 5.74) is 1.67. The van der Waals surface area contributed by atoms with Crippen LogP contribution in [0.5, 0.6) is 5.75 Å². The first kappa shape index (κ1) is 19.1. The molecule has 22 heavy (non-hydrogen) atoms. The van der Waals surface area contributed by atoms with Gasteiger partial charge in [0, 0.05) is 36.4 Å². The maximum atomic E-state index is 5.86. The van der Waals surface area contributed by atoms with Gasteiger partial charge in [-0.05, 0) is 29.8 Å². The van der Waals surface area contributed by atoms with Crippen LogP contribution in [0.15, 0.2) is 23.3 Å². The van der Waals surface area contributed by atoms with E-state index in [0.29, 0.717) is 11.4 Å². The van der Waals surface area contributed by atoms with Gasteiger partial charge in [-0.15, -0.1) is 6.58 Å². The number of aromatic nitrogens is 1. The van der Waals surface area contributed by atoms with E-state index in [4.69, 9.17) is 18.9 Å². The Kier molecular flexibility index (Phi) is 8.03. The predicted octanol–water partition coefficient (Wildman–Crippen LogP) is 3.66. The molecule has 1 heterocycles. The van der Waals surface area contributed by atoms with Gasteiger partial charge in [-0.1, -0.05) is 6.08 Å². The molecule has 124 valence electrons. The second-order valence-electron chi connectivity index (χ2n) is 4.90. The average molecular weight is 374 g/mol. The Balaban J connectivity index is 3.32. The molecule has 0 aliphatic heterocycles. The van der Waals surface area contributed by atoms with Gasteiger partial charge in [0.2, 0.25) is 0 Å². The zero-order valence-electron chi connectivity index (χ0n) is 13.8. The van der Waals surface area contributed by atoms with E-state index in [0.717, 1.165) is 10.0 Å². The molecule has 0 saturated carbocycles. The SMILES string of the molecule is C=CC(C(C)OC)C(OCOC)c1ncc(Br)c(C)c1OC. The zero-order valence-corrected chi connectivity index (χ0v) is 15.3. The summed E-state index contributed by atoms with van der Waals surface area (Å²) < 4.78 is 22.8. The summed E-state index contributed by atoms with van der Waals surface area (Å²) in [4.78, 5) is 4.49. The minimum Gasteiger partial charge on any atom is -0.494 e. The molecule has 0 aromatic carbocycles. The molecule has 0 aliphatic carbocycles. The van der Waals surface area contributed by atoms with Crippen molar-refractivity contribution in [1.82, 2.24) is 4.98 Å². The number of ether oxygens (including phenoxy) is 4. The zero-order chi connectivity index (χ0) is 16.7. The van der Waals surface area contributed by atoms with Crippen molar-refractivity contribution < 1.29 is 18.9 Å². The van der Waals surface area contributed by atoms with Crippen LogP contribution >= 0.6 is 15.9 Å². The molecular formula is C16H24BrNO4. The molecule has 0 N–H and O–H groups in total. The fourth-order valence-electron chi connectivity index (χ4n) is 2.27. The highest BCUT2D eigenvalue weighted by molar-refractivity contribution is 9.10. The molecular weight excluding hydrogens is 350 g/mol. The number of pyridine rings is 1. The van der Waals surface area contributed by atoms with Gasteiger partial charge in [0.15, 0.2) is 0 Å². The van der Waals surface area contributed by atoms with Crippen LogP contribution in [0.2, 0.25) is 0 Å². The Hall–Kier alpha value is -0.950. The third kappa shape index (κ3) is 4.29. The van der Waals surface area contributed by atoms with Crippen LogP contribution in [0.4, 0.5) is 0 Å². The maximum Gasteiger partial charge on any atom is 0.147 e. The van der Waals surface area contributed by atoms with Crippen LogP contribution in [0.1, 0.15) is 24.3 Å². The molecule has 0 radical (unpaired) electrons. The minimum absolute atomic E-state index is 0.0881. The fraction of sp³-hybridized carbons (Fsp3) is 0.562. The van der Waals surface area contributed by atoms with Crippen LogP contribution in [0.25, 0.3) is 0 Å². The summed E-state index contributed by atoms with van der Waals surface area (Å²) in [5.74, 6) is 0.591. The fourth-order valence-corrected chi connectivity index (χ4v) is 2.56. The topological polar surface area (TPSA) is 49.8 Å². The molecule has 1 aromatic rings. The van der Waals surface area contributed by atoms with E-state index in [2.05, 4.69) is 27.5 Å². The Morgan fingerprint density at radius 3 is 2.55 bits per heavy atom. The van der Waals surface area contributed by atoms with Crippen molar-refractivity contribution in [3.8, 4) is 5.75 Å². The molecule has 6 heteroatoms. The second kappa shape index (κ2) is 9.25. The van der Waals surface area contributed by atoms with Gasteiger partial charge in [-0.25, -0.2) is 0 Å². The van der Waals surface area contributed by atoms with Gasteiger partial charge in [-0.3, -0.25) is 4.98 Å². The molecule has 5 nitrogen and oxygen atoms in total. The van der Waals surface area contributed by atoms with Crippen LogP contribution < -0.4 is 4.74 Å². The van der Waals surface area contributed by atoms with Gasteiger partial charge in [0.25, 0.3) is 0 Å². The summed E-state index contributed by atoms with van der Waals surface area (Å²) in [6.07, 6.45) is 3.09. The van der Waals surface area contributed by atoms with Crippen molar-refractivity contribution in [3.05, 3.63) is 34.6 Å². The lowest BCUT2D eigenvalue weighted by molar-refractivity contribution is -0.107. The van der Waals surface area contributed by atoms with Crippen molar-refractivity contribution in [2.24, 2.45) is 5.92 Å². The number of methoxy groups -OCH3 is 3. The highest BCUT2D eigenvalue weighted by Crippen LogP contribution is 2.38. The van der Waals surface area contributed by atoms with Crippen LogP contribution in [0, 0.1) is 12.8 Å². The van der Waals surface area contributed by atoms with Gasteiger partial charge in [0.1, 0.15) is 24.3 Å². The smallest absolute Gasteiger partial charge is 0.147 e. The monoisotopic (exact) mass is 373 g/mol. The number of hydrogen-bond donors (Lipinski definition) is 0. The summed E-state index contributed by atoms with van der Waals surface area (Å²) in [6, 6.07) is 0. The van der Waals surface area contributed by atoms with Crippen LogP contribution in [-0.4, -0.2) is 39.2 Å². The quantitative estimate of drug-likeness (QED) is 0.488. The lowest BCUT2D eigenvalue weighted by Crippen LogP contribution is -2.27. The van der Waals surface area contributed by atoms with Gasteiger partial charge in [-0.2, -0.15) is 0 Å². The largest absolute Gasteiger partial charge is 0.494 e. The van der Waals surface area contributed by atoms with Crippen LogP contribution in [0.3, 0.4) is 0 Å². The van der Waals surface area contributed by atoms with E-state index in [1.165, 1.54) is 0 Å². The Bertz CT molecular complexity index is 495. The Morgan fingerprint density at radius 1 is 1.36 bits per heavy atom. The molecule has 3 atom stereocenters. The average Bonchev–Trinajstić information content (AvgIpc) is 2.53. The Labute approximate surface area is 140 Å². The first-order valence-electron chi connectivity index (χ1n) is 6.96. The Morgan fingerprint density at radius 2 is 2.05 bits per heavy atom. The number of hydrogen-bond acceptors (Lipinski definition) is 5. The molecule has 0 aliphatic rings. The molecule has 0 bridgehead atoms. The molecule has 0 saturated heterocycles. The van der Waals surface area contributed by atoms with E-state index < -0.39 is 0 Å². The summed E-state index contributed by atoms with van der Waals surface area (Å²) in [7, 11) is 4.86. The minimum atomic E-state index is -0.380. The second-order valence-corrected chi connectivity index (χ2v) is 5.75. The molecule has 1 aromatic heterocycles. The van der Waals surface area contributed by atoms with Crippen molar-refractivity contribution in [1.29, 1.82) is 0 Å². The van der Waals surface area contributed by atoms with Gasteiger partial charge < -0.3 is 18.9 Å². The molecule has 0 fully saturated rings. The van der Waals surface area contributed by atoms with E-state index in [1.54, 1.807) is 27.5 Å². The first-order valence-corrected chi connectivity index (χ1v) is 7.75. The van der Waals surface area contributed by atoms with Crippen molar-refractivity contribution >= 4 is 15.9 Å². The predicted molar refractivity (Wildman–Crippen MR) is 89.1 cm³/mol. The molecule has 0 amide bonds. The molecule has 1 rings (SSSR count). The highest BCUT2D eigenvalue weighted by atomic mass is 79.9. The van der Waals surface area contributed by atoms with Crippen molar-refractivity contribution in [3.63, 3.8) is 0 Å². The van der Waals surface area contributed by atoms with Crippen molar-refractivity contribution in [2.75, 3.05) is 28.1 Å². The lowest BCUT2D eigenvalue weighted by Gasteiger charge is -2.29. The van der Waals surface area contributed by atoms with Crippen LogP contribution in [-0.2, 0) is 14.2 Å². The summed E-state index contributed by atoms with van der Waals surface area (Å²) in [5, 5.41) is 0. The normalized spacial score (nSPS) is 15.2. The van der Waals surface area contributed by atoms with Gasteiger partial charge in [0.05, 0.1) is 13.2 Å².